The fourth-order valence-corrected chi connectivity index (χ4v) is 1.73. The molecule has 0 aliphatic carbocycles. The van der Waals surface area contributed by atoms with Crippen LogP contribution in [0.15, 0.2) is 18.7 Å². The summed E-state index contributed by atoms with van der Waals surface area (Å²) in [6, 6.07) is 3.87. The third kappa shape index (κ3) is 2.20. The first-order chi connectivity index (χ1) is 5.59. The molecule has 64 valence electrons. The second kappa shape index (κ2) is 3.54. The van der Waals surface area contributed by atoms with Crippen LogP contribution in [0.1, 0.15) is 16.2 Å². The summed E-state index contributed by atoms with van der Waals surface area (Å²) in [6.45, 7) is 5.70. The van der Waals surface area contributed by atoms with Gasteiger partial charge in [0.05, 0.1) is 6.42 Å². The van der Waals surface area contributed by atoms with Crippen LogP contribution in [0, 0.1) is 6.92 Å². The average Bonchev–Trinajstić information content (AvgIpc) is 2.34. The summed E-state index contributed by atoms with van der Waals surface area (Å²) in [5.74, 6) is -0.828. The summed E-state index contributed by atoms with van der Waals surface area (Å²) in [4.78, 5) is 12.5. The molecule has 0 bridgehead atoms. The normalized spacial score (nSPS) is 9.75. The summed E-state index contributed by atoms with van der Waals surface area (Å²) < 4.78 is 0. The Kier molecular flexibility index (Phi) is 2.65. The van der Waals surface area contributed by atoms with Crippen molar-refractivity contribution in [2.24, 2.45) is 0 Å². The van der Waals surface area contributed by atoms with E-state index in [1.807, 2.05) is 19.1 Å². The summed E-state index contributed by atoms with van der Waals surface area (Å²) in [5.41, 5.74) is 0.681. The first-order valence-corrected chi connectivity index (χ1v) is 4.37. The molecule has 0 unspecified atom stereocenters. The van der Waals surface area contributed by atoms with Gasteiger partial charge in [-0.2, -0.15) is 0 Å². The van der Waals surface area contributed by atoms with Crippen molar-refractivity contribution in [3.8, 4) is 0 Å². The van der Waals surface area contributed by atoms with Gasteiger partial charge in [-0.3, -0.25) is 4.79 Å². The van der Waals surface area contributed by atoms with Crippen molar-refractivity contribution in [2.45, 2.75) is 13.3 Å². The number of carboxylic acids is 1. The lowest BCUT2D eigenvalue weighted by atomic mass is 10.2. The number of hydrogen-bond acceptors (Lipinski definition) is 2. The Hall–Kier alpha value is -1.09. The van der Waals surface area contributed by atoms with Crippen LogP contribution >= 0.6 is 11.3 Å². The molecule has 0 amide bonds. The second-order valence-electron chi connectivity index (χ2n) is 2.58. The number of aliphatic carboxylic acids is 1. The Balaban J connectivity index is 2.72. The van der Waals surface area contributed by atoms with E-state index in [1.165, 1.54) is 4.88 Å². The van der Waals surface area contributed by atoms with Crippen molar-refractivity contribution >= 4 is 22.9 Å². The molecule has 0 aromatic carbocycles. The van der Waals surface area contributed by atoms with E-state index in [0.717, 1.165) is 4.88 Å². The quantitative estimate of drug-likeness (QED) is 0.780. The fourth-order valence-electron chi connectivity index (χ4n) is 0.894. The van der Waals surface area contributed by atoms with Crippen LogP contribution < -0.4 is 0 Å². The van der Waals surface area contributed by atoms with E-state index in [2.05, 4.69) is 6.58 Å². The highest BCUT2D eigenvalue weighted by atomic mass is 32.1. The zero-order chi connectivity index (χ0) is 9.14. The van der Waals surface area contributed by atoms with Gasteiger partial charge in [-0.25, -0.2) is 0 Å². The van der Waals surface area contributed by atoms with Gasteiger partial charge in [0.25, 0.3) is 0 Å². The molecule has 1 heterocycles. The molecule has 2 nitrogen and oxygen atoms in total. The number of carbonyl (C=O) groups is 1. The molecule has 1 N–H and O–H groups in total. The molecule has 0 spiro atoms. The van der Waals surface area contributed by atoms with Crippen molar-refractivity contribution < 1.29 is 9.90 Å². The molecule has 0 aliphatic rings. The summed E-state index contributed by atoms with van der Waals surface area (Å²) in [6.07, 6.45) is 0.0277. The van der Waals surface area contributed by atoms with Crippen molar-refractivity contribution in [1.29, 1.82) is 0 Å². The van der Waals surface area contributed by atoms with E-state index in [1.54, 1.807) is 11.3 Å². The third-order valence-electron chi connectivity index (χ3n) is 1.45. The number of hydrogen-bond donors (Lipinski definition) is 1. The van der Waals surface area contributed by atoms with Crippen LogP contribution in [-0.4, -0.2) is 11.1 Å². The van der Waals surface area contributed by atoms with Gasteiger partial charge < -0.3 is 5.11 Å². The van der Waals surface area contributed by atoms with E-state index in [4.69, 9.17) is 5.11 Å². The summed E-state index contributed by atoms with van der Waals surface area (Å²) in [5, 5.41) is 8.50. The molecular weight excluding hydrogens is 172 g/mol. The maximum absolute atomic E-state index is 10.3. The molecule has 1 rings (SSSR count). The zero-order valence-corrected chi connectivity index (χ0v) is 7.65. The van der Waals surface area contributed by atoms with Crippen molar-refractivity contribution in [3.05, 3.63) is 28.5 Å². The van der Waals surface area contributed by atoms with E-state index in [-0.39, 0.29) is 6.42 Å². The predicted molar refractivity (Wildman–Crippen MR) is 50.3 cm³/mol. The SMILES string of the molecule is C=C(CC(=O)O)c1ccc(C)s1. The van der Waals surface area contributed by atoms with E-state index >= 15 is 0 Å². The minimum absolute atomic E-state index is 0.0277. The lowest BCUT2D eigenvalue weighted by molar-refractivity contribution is -0.135. The van der Waals surface area contributed by atoms with Gasteiger partial charge in [0, 0.05) is 9.75 Å². The molecule has 12 heavy (non-hydrogen) atoms. The third-order valence-corrected chi connectivity index (χ3v) is 2.56. The number of rotatable bonds is 3. The number of aryl methyl sites for hydroxylation is 1. The van der Waals surface area contributed by atoms with E-state index in [0.29, 0.717) is 5.57 Å². The standard InChI is InChI=1S/C9H10O2S/c1-6(5-9(10)11)8-4-3-7(2)12-8/h3-4H,1,5H2,2H3,(H,10,11). The molecule has 0 aliphatic heterocycles. The summed E-state index contributed by atoms with van der Waals surface area (Å²) in [7, 11) is 0. The predicted octanol–water partition coefficient (Wildman–Crippen LogP) is 2.54. The van der Waals surface area contributed by atoms with Crippen LogP contribution in [0.5, 0.6) is 0 Å². The Morgan fingerprint density at radius 2 is 2.33 bits per heavy atom. The molecule has 0 fully saturated rings. The number of carboxylic acid groups (broad SMARTS) is 1. The van der Waals surface area contributed by atoms with Gasteiger partial charge in [-0.05, 0) is 24.6 Å². The maximum Gasteiger partial charge on any atom is 0.307 e. The maximum atomic E-state index is 10.3. The summed E-state index contributed by atoms with van der Waals surface area (Å²) >= 11 is 1.57. The van der Waals surface area contributed by atoms with Gasteiger partial charge in [0.1, 0.15) is 0 Å². The highest BCUT2D eigenvalue weighted by Gasteiger charge is 2.05. The van der Waals surface area contributed by atoms with Crippen molar-refractivity contribution in [1.82, 2.24) is 0 Å². The lowest BCUT2D eigenvalue weighted by Crippen LogP contribution is -1.94. The fraction of sp³-hybridized carbons (Fsp3) is 0.222. The van der Waals surface area contributed by atoms with Gasteiger partial charge in [-0.15, -0.1) is 11.3 Å². The van der Waals surface area contributed by atoms with Gasteiger partial charge >= 0.3 is 5.97 Å². The Morgan fingerprint density at radius 1 is 1.67 bits per heavy atom. The van der Waals surface area contributed by atoms with Gasteiger partial charge in [0.15, 0.2) is 0 Å². The average molecular weight is 182 g/mol. The van der Waals surface area contributed by atoms with E-state index in [9.17, 15) is 4.79 Å². The first kappa shape index (κ1) is 9.00. The topological polar surface area (TPSA) is 37.3 Å². The molecule has 0 atom stereocenters. The number of thiophene rings is 1. The smallest absolute Gasteiger partial charge is 0.307 e. The van der Waals surface area contributed by atoms with Crippen molar-refractivity contribution in [3.63, 3.8) is 0 Å². The van der Waals surface area contributed by atoms with Gasteiger partial charge in [0.2, 0.25) is 0 Å². The van der Waals surface area contributed by atoms with Crippen LogP contribution in [0.3, 0.4) is 0 Å². The van der Waals surface area contributed by atoms with E-state index < -0.39 is 5.97 Å². The lowest BCUT2D eigenvalue weighted by Gasteiger charge is -1.96. The minimum Gasteiger partial charge on any atom is -0.481 e. The molecule has 0 saturated carbocycles. The van der Waals surface area contributed by atoms with Crippen molar-refractivity contribution in [2.75, 3.05) is 0 Å². The highest BCUT2D eigenvalue weighted by molar-refractivity contribution is 7.13. The van der Waals surface area contributed by atoms with Gasteiger partial charge in [-0.1, -0.05) is 6.58 Å². The van der Waals surface area contributed by atoms with Crippen LogP contribution in [0.4, 0.5) is 0 Å². The zero-order valence-electron chi connectivity index (χ0n) is 6.83. The molecule has 0 radical (unpaired) electrons. The molecule has 1 aromatic rings. The minimum atomic E-state index is -0.828. The largest absolute Gasteiger partial charge is 0.481 e. The Labute approximate surface area is 75.2 Å². The monoisotopic (exact) mass is 182 g/mol. The first-order valence-electron chi connectivity index (χ1n) is 3.56. The Bertz CT molecular complexity index is 312. The van der Waals surface area contributed by atoms with Crippen LogP contribution in [0.2, 0.25) is 0 Å². The Morgan fingerprint density at radius 3 is 2.75 bits per heavy atom. The molecule has 3 heteroatoms. The van der Waals surface area contributed by atoms with Crippen LogP contribution in [-0.2, 0) is 4.79 Å². The second-order valence-corrected chi connectivity index (χ2v) is 3.87. The molecule has 0 saturated heterocycles. The highest BCUT2D eigenvalue weighted by Crippen LogP contribution is 2.24. The molecule has 1 aromatic heterocycles. The molecular formula is C9H10O2S. The van der Waals surface area contributed by atoms with Crippen LogP contribution in [0.25, 0.3) is 5.57 Å².